The van der Waals surface area contributed by atoms with Crippen LogP contribution >= 0.6 is 11.3 Å². The van der Waals surface area contributed by atoms with Crippen LogP contribution in [0.4, 0.5) is 5.13 Å². The number of hydrogen-bond donors (Lipinski definition) is 2. The molecule has 0 spiro atoms. The summed E-state index contributed by atoms with van der Waals surface area (Å²) in [5, 5.41) is 14.8. The second-order valence-electron chi connectivity index (χ2n) is 4.61. The summed E-state index contributed by atoms with van der Waals surface area (Å²) in [4.78, 5) is 11.9. The van der Waals surface area contributed by atoms with E-state index in [1.54, 1.807) is 7.11 Å². The van der Waals surface area contributed by atoms with Crippen molar-refractivity contribution >= 4 is 22.4 Å². The topological polar surface area (TPSA) is 76.1 Å². The molecule has 1 aromatic rings. The highest BCUT2D eigenvalue weighted by molar-refractivity contribution is 7.17. The van der Waals surface area contributed by atoms with Gasteiger partial charge in [-0.1, -0.05) is 18.3 Å². The quantitative estimate of drug-likeness (QED) is 0.787. The maximum atomic E-state index is 11.9. The Bertz CT molecular complexity index is 392. The number of aromatic nitrogens is 2. The number of ether oxygens (including phenoxy) is 1. The maximum Gasteiger partial charge on any atom is 0.282 e. The van der Waals surface area contributed by atoms with E-state index in [0.29, 0.717) is 16.7 Å². The number of rotatable bonds is 7. The third kappa shape index (κ3) is 4.58. The summed E-state index contributed by atoms with van der Waals surface area (Å²) in [5.74, 6) is -0.223. The Balaban J connectivity index is 2.58. The minimum atomic E-state index is -0.422. The Morgan fingerprint density at radius 2 is 2.17 bits per heavy atom. The van der Waals surface area contributed by atoms with E-state index in [0.717, 1.165) is 13.0 Å². The van der Waals surface area contributed by atoms with Crippen LogP contribution in [-0.4, -0.2) is 41.9 Å². The molecule has 0 atom stereocenters. The predicted octanol–water partition coefficient (Wildman–Crippen LogP) is 1.51. The van der Waals surface area contributed by atoms with E-state index in [4.69, 9.17) is 4.74 Å². The molecule has 0 aromatic carbocycles. The third-order valence-electron chi connectivity index (χ3n) is 2.10. The Labute approximate surface area is 111 Å². The summed E-state index contributed by atoms with van der Waals surface area (Å²) in [6.45, 7) is 7.12. The molecular weight excluding hydrogens is 252 g/mol. The molecule has 1 aromatic heterocycles. The molecule has 0 aliphatic rings. The van der Waals surface area contributed by atoms with Gasteiger partial charge in [-0.25, -0.2) is 0 Å². The number of carbonyl (C=O) groups excluding carboxylic acids is 1. The van der Waals surface area contributed by atoms with Crippen molar-refractivity contribution in [1.82, 2.24) is 15.5 Å². The zero-order valence-corrected chi connectivity index (χ0v) is 12.1. The van der Waals surface area contributed by atoms with Crippen LogP contribution in [0.3, 0.4) is 0 Å². The average Bonchev–Trinajstić information content (AvgIpc) is 2.74. The van der Waals surface area contributed by atoms with E-state index in [-0.39, 0.29) is 5.91 Å². The molecule has 1 heterocycles. The van der Waals surface area contributed by atoms with Gasteiger partial charge in [-0.2, -0.15) is 0 Å². The first-order chi connectivity index (χ1) is 8.48. The second kappa shape index (κ2) is 6.65. The molecule has 6 nitrogen and oxygen atoms in total. The first-order valence-corrected chi connectivity index (χ1v) is 6.69. The molecule has 7 heteroatoms. The summed E-state index contributed by atoms with van der Waals surface area (Å²) >= 11 is 1.25. The Hall–Kier alpha value is -1.21. The Morgan fingerprint density at radius 3 is 2.78 bits per heavy atom. The fourth-order valence-electron chi connectivity index (χ4n) is 1.38. The Morgan fingerprint density at radius 1 is 1.44 bits per heavy atom. The standard InChI is InChI=1S/C11H20N4O2S/c1-5-6-12-10-15-14-9(18-10)8(16)13-11(2,3)7-17-4/h5-7H2,1-4H3,(H,12,15)(H,13,16). The van der Waals surface area contributed by atoms with Crippen LogP contribution in [-0.2, 0) is 4.74 Å². The molecule has 0 fully saturated rings. The lowest BCUT2D eigenvalue weighted by atomic mass is 10.1. The summed E-state index contributed by atoms with van der Waals surface area (Å²) in [6.07, 6.45) is 1.00. The Kier molecular flexibility index (Phi) is 5.49. The van der Waals surface area contributed by atoms with Gasteiger partial charge in [0.15, 0.2) is 0 Å². The average molecular weight is 272 g/mol. The number of nitrogens with zero attached hydrogens (tertiary/aromatic N) is 2. The summed E-state index contributed by atoms with van der Waals surface area (Å²) in [6, 6.07) is 0. The van der Waals surface area contributed by atoms with E-state index < -0.39 is 5.54 Å². The van der Waals surface area contributed by atoms with Crippen LogP contribution in [0, 0.1) is 0 Å². The second-order valence-corrected chi connectivity index (χ2v) is 5.59. The molecule has 18 heavy (non-hydrogen) atoms. The van der Waals surface area contributed by atoms with E-state index in [2.05, 4.69) is 27.8 Å². The molecular formula is C11H20N4O2S. The minimum absolute atomic E-state index is 0.223. The highest BCUT2D eigenvalue weighted by atomic mass is 32.1. The number of carbonyl (C=O) groups is 1. The molecule has 0 saturated carbocycles. The van der Waals surface area contributed by atoms with Gasteiger partial charge in [0.05, 0.1) is 12.1 Å². The fourth-order valence-corrected chi connectivity index (χ4v) is 2.04. The van der Waals surface area contributed by atoms with Crippen LogP contribution < -0.4 is 10.6 Å². The molecule has 1 amide bonds. The van der Waals surface area contributed by atoms with Crippen molar-refractivity contribution in [3.63, 3.8) is 0 Å². The van der Waals surface area contributed by atoms with Crippen LogP contribution in [0.2, 0.25) is 0 Å². The fraction of sp³-hybridized carbons (Fsp3) is 0.727. The number of hydrogen-bond acceptors (Lipinski definition) is 6. The number of methoxy groups -OCH3 is 1. The zero-order valence-electron chi connectivity index (χ0n) is 11.2. The molecule has 0 radical (unpaired) electrons. The lowest BCUT2D eigenvalue weighted by Gasteiger charge is -2.24. The van der Waals surface area contributed by atoms with Crippen molar-refractivity contribution in [3.05, 3.63) is 5.01 Å². The molecule has 1 rings (SSSR count). The van der Waals surface area contributed by atoms with Gasteiger partial charge in [0.1, 0.15) is 0 Å². The summed E-state index contributed by atoms with van der Waals surface area (Å²) in [5.41, 5.74) is -0.422. The van der Waals surface area contributed by atoms with Gasteiger partial charge >= 0.3 is 0 Å². The summed E-state index contributed by atoms with van der Waals surface area (Å²) < 4.78 is 5.04. The van der Waals surface area contributed by atoms with Crippen molar-refractivity contribution in [2.45, 2.75) is 32.7 Å². The SMILES string of the molecule is CCCNc1nnc(C(=O)NC(C)(C)COC)s1. The maximum absolute atomic E-state index is 11.9. The van der Waals surface area contributed by atoms with Gasteiger partial charge < -0.3 is 15.4 Å². The van der Waals surface area contributed by atoms with Gasteiger partial charge in [-0.05, 0) is 20.3 Å². The number of amides is 1. The monoisotopic (exact) mass is 272 g/mol. The normalized spacial score (nSPS) is 11.3. The number of anilines is 1. The van der Waals surface area contributed by atoms with Crippen molar-refractivity contribution in [3.8, 4) is 0 Å². The predicted molar refractivity (Wildman–Crippen MR) is 72.1 cm³/mol. The van der Waals surface area contributed by atoms with Gasteiger partial charge in [-0.3, -0.25) is 4.79 Å². The molecule has 0 saturated heterocycles. The van der Waals surface area contributed by atoms with Crippen molar-refractivity contribution in [2.75, 3.05) is 25.6 Å². The first kappa shape index (κ1) is 14.8. The van der Waals surface area contributed by atoms with E-state index >= 15 is 0 Å². The molecule has 2 N–H and O–H groups in total. The molecule has 0 aliphatic heterocycles. The number of nitrogens with one attached hydrogen (secondary N) is 2. The molecule has 0 bridgehead atoms. The lowest BCUT2D eigenvalue weighted by Crippen LogP contribution is -2.46. The minimum Gasteiger partial charge on any atom is -0.382 e. The smallest absolute Gasteiger partial charge is 0.282 e. The van der Waals surface area contributed by atoms with Gasteiger partial charge in [0, 0.05) is 13.7 Å². The van der Waals surface area contributed by atoms with Crippen LogP contribution in [0.1, 0.15) is 37.0 Å². The molecule has 102 valence electrons. The van der Waals surface area contributed by atoms with Gasteiger partial charge in [0.2, 0.25) is 10.1 Å². The van der Waals surface area contributed by atoms with Crippen LogP contribution in [0.5, 0.6) is 0 Å². The van der Waals surface area contributed by atoms with Crippen molar-refractivity contribution in [2.24, 2.45) is 0 Å². The largest absolute Gasteiger partial charge is 0.382 e. The highest BCUT2D eigenvalue weighted by Gasteiger charge is 2.23. The van der Waals surface area contributed by atoms with E-state index in [9.17, 15) is 4.79 Å². The van der Waals surface area contributed by atoms with Crippen molar-refractivity contribution in [1.29, 1.82) is 0 Å². The first-order valence-electron chi connectivity index (χ1n) is 5.87. The molecule has 0 unspecified atom stereocenters. The summed E-state index contributed by atoms with van der Waals surface area (Å²) in [7, 11) is 1.60. The van der Waals surface area contributed by atoms with Crippen molar-refractivity contribution < 1.29 is 9.53 Å². The zero-order chi connectivity index (χ0) is 13.6. The van der Waals surface area contributed by atoms with Crippen LogP contribution in [0.25, 0.3) is 0 Å². The third-order valence-corrected chi connectivity index (χ3v) is 2.98. The van der Waals surface area contributed by atoms with E-state index in [1.165, 1.54) is 11.3 Å². The molecule has 0 aliphatic carbocycles. The van der Waals surface area contributed by atoms with E-state index in [1.807, 2.05) is 13.8 Å². The van der Waals surface area contributed by atoms with Gasteiger partial charge in [-0.15, -0.1) is 10.2 Å². The lowest BCUT2D eigenvalue weighted by molar-refractivity contribution is 0.0819. The van der Waals surface area contributed by atoms with Crippen LogP contribution in [0.15, 0.2) is 0 Å². The van der Waals surface area contributed by atoms with Gasteiger partial charge in [0.25, 0.3) is 5.91 Å². The highest BCUT2D eigenvalue weighted by Crippen LogP contribution is 2.16.